The fraction of sp³-hybridized carbons (Fsp3) is 0.167. The first-order valence-electron chi connectivity index (χ1n) is 7.12. The minimum atomic E-state index is -0.995. The molecular weight excluding hydrogens is 230 g/mol. The van der Waals surface area contributed by atoms with Gasteiger partial charge in [0.1, 0.15) is 19.9 Å². The summed E-state index contributed by atoms with van der Waals surface area (Å²) in [6.45, 7) is 1.59. The van der Waals surface area contributed by atoms with Crippen molar-refractivity contribution in [3.8, 4) is 0 Å². The van der Waals surface area contributed by atoms with Crippen LogP contribution >= 0.6 is 0 Å². The molecule has 2 aromatic heterocycles. The second-order valence-corrected chi connectivity index (χ2v) is 3.63. The Morgan fingerprint density at radius 2 is 2.39 bits per heavy atom. The van der Waals surface area contributed by atoms with Crippen LogP contribution in [0.2, 0.25) is 0 Å². The summed E-state index contributed by atoms with van der Waals surface area (Å²) in [4.78, 5) is 19.4. The Balaban J connectivity index is 2.63. The van der Waals surface area contributed by atoms with Gasteiger partial charge in [-0.3, -0.25) is 4.79 Å². The third-order valence-corrected chi connectivity index (χ3v) is 2.22. The van der Waals surface area contributed by atoms with E-state index in [1.165, 1.54) is 6.20 Å². The number of pyridine rings is 1. The van der Waals surface area contributed by atoms with Crippen LogP contribution in [0.15, 0.2) is 30.6 Å². The zero-order valence-electron chi connectivity index (χ0n) is 13.7. The van der Waals surface area contributed by atoms with Crippen molar-refractivity contribution in [1.82, 2.24) is 9.97 Å². The quantitative estimate of drug-likeness (QED) is 0.735. The number of anilines is 1. The van der Waals surface area contributed by atoms with Gasteiger partial charge in [0.25, 0.3) is 5.91 Å². The number of hydrogen-bond acceptors (Lipinski definition) is 4. The minimum absolute atomic E-state index is 0.0732. The van der Waals surface area contributed by atoms with Gasteiger partial charge in [-0.15, -0.1) is 0 Å². The lowest BCUT2D eigenvalue weighted by Gasteiger charge is -2.02. The van der Waals surface area contributed by atoms with Gasteiger partial charge in [-0.05, 0) is 13.0 Å². The van der Waals surface area contributed by atoms with Crippen LogP contribution in [-0.4, -0.2) is 15.9 Å². The Morgan fingerprint density at radius 1 is 1.61 bits per heavy atom. The van der Waals surface area contributed by atoms with Gasteiger partial charge in [0, 0.05) is 12.2 Å². The van der Waals surface area contributed by atoms with E-state index in [0.29, 0.717) is 11.4 Å². The van der Waals surface area contributed by atoms with Crippen molar-refractivity contribution in [2.45, 2.75) is 13.5 Å². The van der Waals surface area contributed by atoms with E-state index in [4.69, 9.17) is 17.0 Å². The Bertz CT molecular complexity index is 781. The molecule has 0 aromatic carbocycles. The number of aromatic nitrogens is 3. The van der Waals surface area contributed by atoms with Gasteiger partial charge in [-0.2, -0.15) is 4.57 Å². The topological polar surface area (TPSA) is 98.8 Å². The van der Waals surface area contributed by atoms with Crippen molar-refractivity contribution in [3.63, 3.8) is 0 Å². The molecule has 0 aliphatic carbocycles. The van der Waals surface area contributed by atoms with E-state index >= 15 is 0 Å². The summed E-state index contributed by atoms with van der Waals surface area (Å²) in [5.74, 6) is -0.338. The summed E-state index contributed by atoms with van der Waals surface area (Å²) in [6.07, 6.45) is 0.643. The smallest absolute Gasteiger partial charge is 0.254 e. The van der Waals surface area contributed by atoms with Crippen LogP contribution in [0, 0.1) is 6.92 Å². The highest BCUT2D eigenvalue weighted by atomic mass is 16.1. The Morgan fingerprint density at radius 3 is 3.06 bits per heavy atom. The van der Waals surface area contributed by atoms with Gasteiger partial charge in [0.15, 0.2) is 18.9 Å². The van der Waals surface area contributed by atoms with Gasteiger partial charge in [0.05, 0.1) is 8.30 Å². The number of carbonyl (C=O) groups is 1. The monoisotopic (exact) mass is 248 g/mol. The lowest BCUT2D eigenvalue weighted by atomic mass is 10.2. The van der Waals surface area contributed by atoms with Crippen LogP contribution in [0.3, 0.4) is 0 Å². The van der Waals surface area contributed by atoms with Crippen LogP contribution in [0.1, 0.15) is 27.2 Å². The zero-order valence-corrected chi connectivity index (χ0v) is 9.69. The molecule has 0 unspecified atom stereocenters. The first-order valence-corrected chi connectivity index (χ1v) is 5.12. The molecule has 6 nitrogen and oxygen atoms in total. The maximum absolute atomic E-state index is 11.4. The molecule has 4 N–H and O–H groups in total. The normalized spacial score (nSPS) is 13.4. The SMILES string of the molecule is [2H]c1c([2H])c([2H])[n+](Cc2cnc(C)nc2N)c([2H])c1C(N)=O. The predicted octanol–water partition coefficient (Wildman–Crippen LogP) is -0.198. The molecule has 0 bridgehead atoms. The maximum Gasteiger partial charge on any atom is 0.254 e. The molecule has 0 atom stereocenters. The van der Waals surface area contributed by atoms with E-state index < -0.39 is 29.7 Å². The maximum atomic E-state index is 11.4. The lowest BCUT2D eigenvalue weighted by molar-refractivity contribution is -0.688. The molecule has 2 rings (SSSR count). The fourth-order valence-corrected chi connectivity index (χ4v) is 1.35. The molecule has 2 heterocycles. The van der Waals surface area contributed by atoms with Crippen molar-refractivity contribution in [1.29, 1.82) is 0 Å². The molecule has 0 radical (unpaired) electrons. The number of carbonyl (C=O) groups excluding carboxylic acids is 1. The van der Waals surface area contributed by atoms with E-state index in [0.717, 1.165) is 4.57 Å². The van der Waals surface area contributed by atoms with Gasteiger partial charge < -0.3 is 11.5 Å². The number of nitrogens with zero attached hydrogens (tertiary/aromatic N) is 3. The number of rotatable bonds is 3. The Hall–Kier alpha value is -2.50. The highest BCUT2D eigenvalue weighted by Gasteiger charge is 2.11. The highest BCUT2D eigenvalue weighted by molar-refractivity contribution is 5.92. The van der Waals surface area contributed by atoms with Crippen LogP contribution in [0.5, 0.6) is 0 Å². The van der Waals surface area contributed by atoms with E-state index in [-0.39, 0.29) is 18.5 Å². The van der Waals surface area contributed by atoms with Gasteiger partial charge >= 0.3 is 0 Å². The summed E-state index contributed by atoms with van der Waals surface area (Å²) < 4.78 is 32.3. The molecule has 2 aromatic rings. The number of nitrogens with two attached hydrogens (primary N) is 2. The average Bonchev–Trinajstić information content (AvgIpc) is 2.43. The molecule has 6 heteroatoms. The van der Waals surface area contributed by atoms with Crippen molar-refractivity contribution in [3.05, 3.63) is 47.6 Å². The van der Waals surface area contributed by atoms with Crippen molar-refractivity contribution in [2.24, 2.45) is 5.73 Å². The lowest BCUT2D eigenvalue weighted by Crippen LogP contribution is -2.35. The minimum Gasteiger partial charge on any atom is -0.383 e. The summed E-state index contributed by atoms with van der Waals surface area (Å²) in [7, 11) is 0. The molecule has 0 saturated carbocycles. The molecule has 0 aliphatic heterocycles. The second-order valence-electron chi connectivity index (χ2n) is 3.63. The first-order chi connectivity index (χ1) is 10.2. The zero-order chi connectivity index (χ0) is 16.6. The highest BCUT2D eigenvalue weighted by Crippen LogP contribution is 2.06. The number of hydrogen-bond donors (Lipinski definition) is 2. The summed E-state index contributed by atoms with van der Waals surface area (Å²) in [5.41, 5.74) is 11.0. The molecule has 0 fully saturated rings. The molecule has 0 saturated heterocycles. The Kier molecular flexibility index (Phi) is 2.06. The largest absolute Gasteiger partial charge is 0.383 e. The predicted molar refractivity (Wildman–Crippen MR) is 65.4 cm³/mol. The van der Waals surface area contributed by atoms with Crippen molar-refractivity contribution >= 4 is 11.7 Å². The summed E-state index contributed by atoms with van der Waals surface area (Å²) >= 11 is 0. The molecule has 0 aliphatic rings. The molecule has 18 heavy (non-hydrogen) atoms. The fourth-order valence-electron chi connectivity index (χ4n) is 1.35. The van der Waals surface area contributed by atoms with Gasteiger partial charge in [-0.1, -0.05) is 0 Å². The van der Waals surface area contributed by atoms with Crippen LogP contribution in [0.4, 0.5) is 5.82 Å². The molecule has 1 amide bonds. The third kappa shape index (κ3) is 2.60. The molecule has 92 valence electrons. The van der Waals surface area contributed by atoms with E-state index in [9.17, 15) is 4.79 Å². The van der Waals surface area contributed by atoms with Gasteiger partial charge in [-0.25, -0.2) is 9.97 Å². The molecule has 0 spiro atoms. The summed E-state index contributed by atoms with van der Waals surface area (Å²) in [6, 6.07) is -1.02. The first kappa shape index (κ1) is 7.75. The number of aryl methyl sites for hydroxylation is 1. The van der Waals surface area contributed by atoms with Gasteiger partial charge in [0.2, 0.25) is 0 Å². The molecular formula is C12H14N5O+. The van der Waals surface area contributed by atoms with Crippen molar-refractivity contribution < 1.29 is 14.8 Å². The van der Waals surface area contributed by atoms with Crippen LogP contribution in [0.25, 0.3) is 0 Å². The Labute approximate surface area is 110 Å². The van der Waals surface area contributed by atoms with Crippen LogP contribution in [-0.2, 0) is 6.54 Å². The number of amides is 1. The average molecular weight is 248 g/mol. The van der Waals surface area contributed by atoms with Crippen molar-refractivity contribution in [2.75, 3.05) is 5.73 Å². The van der Waals surface area contributed by atoms with Crippen LogP contribution < -0.4 is 16.0 Å². The second kappa shape index (κ2) is 4.79. The number of nitrogen functional groups attached to an aromatic ring is 1. The summed E-state index contributed by atoms with van der Waals surface area (Å²) in [5, 5.41) is 0. The van der Waals surface area contributed by atoms with E-state index in [2.05, 4.69) is 9.97 Å². The third-order valence-electron chi connectivity index (χ3n) is 2.22. The van der Waals surface area contributed by atoms with E-state index in [1.54, 1.807) is 6.92 Å². The standard InChI is InChI=1S/C12H13N5O/c1-8-15-5-10(11(13)16-8)7-17-4-2-3-9(6-17)12(14)18/h2-6H,7H2,1H3,(H3-,13,14,15,16,18)/p+1/i2D,3D,4D,6D. The van der Waals surface area contributed by atoms with E-state index in [1.807, 2.05) is 0 Å². The number of primary amides is 1.